The van der Waals surface area contributed by atoms with E-state index >= 15 is 0 Å². The minimum Gasteiger partial charge on any atom is -0.462 e. The van der Waals surface area contributed by atoms with Gasteiger partial charge in [0, 0.05) is 29.3 Å². The van der Waals surface area contributed by atoms with Crippen molar-refractivity contribution in [1.82, 2.24) is 0 Å². The zero-order chi connectivity index (χ0) is 20.8. The molecule has 0 saturated heterocycles. The maximum absolute atomic E-state index is 14.1. The predicted molar refractivity (Wildman–Crippen MR) is 109 cm³/mol. The van der Waals surface area contributed by atoms with Crippen LogP contribution in [0.1, 0.15) is 70.8 Å². The summed E-state index contributed by atoms with van der Waals surface area (Å²) in [6.07, 6.45) is 4.87. The molecular weight excluding hydrogens is 369 g/mol. The van der Waals surface area contributed by atoms with E-state index < -0.39 is 11.8 Å². The number of halogens is 1. The van der Waals surface area contributed by atoms with Crippen LogP contribution in [0.5, 0.6) is 0 Å². The number of aliphatic imine (C=N–C) groups is 1. The van der Waals surface area contributed by atoms with Gasteiger partial charge in [0.25, 0.3) is 0 Å². The summed E-state index contributed by atoms with van der Waals surface area (Å²) in [6, 6.07) is 6.22. The van der Waals surface area contributed by atoms with Gasteiger partial charge in [0.05, 0.1) is 0 Å². The van der Waals surface area contributed by atoms with Crippen molar-refractivity contribution in [3.8, 4) is 0 Å². The Kier molecular flexibility index (Phi) is 5.18. The van der Waals surface area contributed by atoms with Crippen LogP contribution in [0, 0.1) is 17.2 Å². The van der Waals surface area contributed by atoms with Gasteiger partial charge in [-0.3, -0.25) is 14.6 Å². The number of esters is 1. The Morgan fingerprint density at radius 1 is 1.21 bits per heavy atom. The first-order chi connectivity index (χ1) is 13.7. The van der Waals surface area contributed by atoms with Crippen LogP contribution >= 0.6 is 0 Å². The van der Waals surface area contributed by atoms with Gasteiger partial charge < -0.3 is 4.74 Å². The quantitative estimate of drug-likeness (QED) is 0.665. The van der Waals surface area contributed by atoms with E-state index in [9.17, 15) is 14.0 Å². The molecule has 1 fully saturated rings. The first kappa shape index (κ1) is 20.0. The Hall–Kier alpha value is -2.30. The van der Waals surface area contributed by atoms with Crippen molar-refractivity contribution in [2.45, 2.75) is 71.3 Å². The highest BCUT2D eigenvalue weighted by Crippen LogP contribution is 2.48. The number of rotatable bonds is 3. The van der Waals surface area contributed by atoms with Crippen LogP contribution < -0.4 is 0 Å². The normalized spacial score (nSPS) is 26.9. The fourth-order valence-electron chi connectivity index (χ4n) is 5.05. The summed E-state index contributed by atoms with van der Waals surface area (Å²) in [5.74, 6) is -1.97. The van der Waals surface area contributed by atoms with E-state index in [2.05, 4.69) is 13.8 Å². The van der Waals surface area contributed by atoms with E-state index in [1.165, 1.54) is 12.1 Å². The average molecular weight is 397 g/mol. The first-order valence-corrected chi connectivity index (χ1v) is 10.5. The van der Waals surface area contributed by atoms with Crippen LogP contribution in [-0.2, 0) is 14.3 Å². The van der Waals surface area contributed by atoms with E-state index in [0.29, 0.717) is 29.7 Å². The lowest BCUT2D eigenvalue weighted by Crippen LogP contribution is -2.40. The van der Waals surface area contributed by atoms with Crippen LogP contribution in [0.15, 0.2) is 40.5 Å². The van der Waals surface area contributed by atoms with Gasteiger partial charge in [0.15, 0.2) is 5.78 Å². The molecular formula is C24H28FNO3. The fraction of sp³-hybridized carbons (Fsp3) is 0.542. The van der Waals surface area contributed by atoms with Crippen molar-refractivity contribution >= 4 is 17.5 Å². The average Bonchev–Trinajstić information content (AvgIpc) is 3.12. The van der Waals surface area contributed by atoms with Gasteiger partial charge in [-0.1, -0.05) is 26.0 Å². The number of ether oxygens (including phenoxy) is 1. The van der Waals surface area contributed by atoms with E-state index in [4.69, 9.17) is 9.73 Å². The van der Waals surface area contributed by atoms with Crippen LogP contribution in [0.2, 0.25) is 0 Å². The monoisotopic (exact) mass is 397 g/mol. The molecule has 2 aliphatic carbocycles. The van der Waals surface area contributed by atoms with Gasteiger partial charge in [-0.05, 0) is 62.1 Å². The van der Waals surface area contributed by atoms with Gasteiger partial charge >= 0.3 is 5.97 Å². The summed E-state index contributed by atoms with van der Waals surface area (Å²) in [5.41, 5.74) is 2.40. The van der Waals surface area contributed by atoms with Crippen molar-refractivity contribution < 1.29 is 18.7 Å². The van der Waals surface area contributed by atoms with Gasteiger partial charge in [-0.25, -0.2) is 4.39 Å². The minimum absolute atomic E-state index is 0.000396. The van der Waals surface area contributed by atoms with Crippen LogP contribution in [0.25, 0.3) is 0 Å². The van der Waals surface area contributed by atoms with Crippen LogP contribution in [0.4, 0.5) is 4.39 Å². The molecule has 0 spiro atoms. The summed E-state index contributed by atoms with van der Waals surface area (Å²) in [7, 11) is 0. The molecule has 0 radical (unpaired) electrons. The molecule has 4 nitrogen and oxygen atoms in total. The van der Waals surface area contributed by atoms with Crippen molar-refractivity contribution in [2.75, 3.05) is 0 Å². The molecule has 0 amide bonds. The number of benzene rings is 1. The summed E-state index contributed by atoms with van der Waals surface area (Å²) >= 11 is 0. The molecule has 1 unspecified atom stereocenters. The molecule has 1 aromatic rings. The number of carbonyl (C=O) groups excluding carboxylic acids is 2. The Bertz CT molecular complexity index is 908. The molecule has 2 atom stereocenters. The summed E-state index contributed by atoms with van der Waals surface area (Å²) < 4.78 is 19.9. The van der Waals surface area contributed by atoms with E-state index in [0.717, 1.165) is 31.4 Å². The second-order valence-electron chi connectivity index (χ2n) is 9.41. The second-order valence-corrected chi connectivity index (χ2v) is 9.41. The highest BCUT2D eigenvalue weighted by molar-refractivity contribution is 6.09. The van der Waals surface area contributed by atoms with E-state index in [1.54, 1.807) is 12.1 Å². The third kappa shape index (κ3) is 3.92. The van der Waals surface area contributed by atoms with Gasteiger partial charge in [-0.2, -0.15) is 0 Å². The number of nitrogens with zero attached hydrogens (tertiary/aromatic N) is 1. The standard InChI is InChI=1S/C24H28FNO3/c1-14-20(23(28)29-17-9-4-5-10-17)21(15-7-6-8-16(25)11-15)22-18(26-14)12-24(2,3)13-19(22)27/h6-8,11,17,20-21H,4-5,9-10,12-13H2,1-3H3/t20?,21-/m1/s1. The molecule has 3 aliphatic rings. The number of ketones is 1. The summed E-state index contributed by atoms with van der Waals surface area (Å²) in [4.78, 5) is 31.1. The molecule has 5 heteroatoms. The minimum atomic E-state index is -0.693. The Balaban J connectivity index is 1.78. The van der Waals surface area contributed by atoms with Gasteiger partial charge in [-0.15, -0.1) is 0 Å². The van der Waals surface area contributed by atoms with E-state index in [-0.39, 0.29) is 29.1 Å². The third-order valence-electron chi connectivity index (χ3n) is 6.35. The molecule has 0 bridgehead atoms. The van der Waals surface area contributed by atoms with Gasteiger partial charge in [0.1, 0.15) is 17.8 Å². The first-order valence-electron chi connectivity index (χ1n) is 10.5. The number of Topliss-reactive ketones (excluding diaryl/α,β-unsaturated/α-hetero) is 1. The number of carbonyl (C=O) groups is 2. The smallest absolute Gasteiger partial charge is 0.315 e. The maximum atomic E-state index is 14.1. The van der Waals surface area contributed by atoms with E-state index in [1.807, 2.05) is 6.92 Å². The Labute approximate surface area is 171 Å². The zero-order valence-electron chi connectivity index (χ0n) is 17.3. The summed E-state index contributed by atoms with van der Waals surface area (Å²) in [6.45, 7) is 5.93. The number of hydrogen-bond acceptors (Lipinski definition) is 4. The van der Waals surface area contributed by atoms with Crippen molar-refractivity contribution in [2.24, 2.45) is 16.3 Å². The highest BCUT2D eigenvalue weighted by atomic mass is 19.1. The lowest BCUT2D eigenvalue weighted by molar-refractivity contribution is -0.151. The topological polar surface area (TPSA) is 55.7 Å². The van der Waals surface area contributed by atoms with Crippen LogP contribution in [-0.4, -0.2) is 23.6 Å². The van der Waals surface area contributed by atoms with Gasteiger partial charge in [0.2, 0.25) is 0 Å². The fourth-order valence-corrected chi connectivity index (χ4v) is 5.05. The number of allylic oxidation sites excluding steroid dienone is 2. The molecule has 1 aromatic carbocycles. The maximum Gasteiger partial charge on any atom is 0.315 e. The molecule has 4 rings (SSSR count). The van der Waals surface area contributed by atoms with Crippen molar-refractivity contribution in [3.63, 3.8) is 0 Å². The lowest BCUT2D eigenvalue weighted by atomic mass is 9.67. The lowest BCUT2D eigenvalue weighted by Gasteiger charge is -2.39. The molecule has 0 aromatic heterocycles. The Morgan fingerprint density at radius 2 is 1.93 bits per heavy atom. The molecule has 29 heavy (non-hydrogen) atoms. The molecule has 0 N–H and O–H groups in total. The summed E-state index contributed by atoms with van der Waals surface area (Å²) in [5, 5.41) is 0. The van der Waals surface area contributed by atoms with Crippen molar-refractivity contribution in [3.05, 3.63) is 46.9 Å². The largest absolute Gasteiger partial charge is 0.462 e. The molecule has 154 valence electrons. The third-order valence-corrected chi connectivity index (χ3v) is 6.35. The highest BCUT2D eigenvalue weighted by Gasteiger charge is 2.46. The predicted octanol–water partition coefficient (Wildman–Crippen LogP) is 5.13. The second kappa shape index (κ2) is 7.51. The number of hydrogen-bond donors (Lipinski definition) is 0. The molecule has 1 heterocycles. The van der Waals surface area contributed by atoms with Crippen LogP contribution in [0.3, 0.4) is 0 Å². The molecule has 1 saturated carbocycles. The van der Waals surface area contributed by atoms with Crippen molar-refractivity contribution in [1.29, 1.82) is 0 Å². The SMILES string of the molecule is CC1=NC2=C(C(=O)CC(C)(C)C2)[C@H](c2cccc(F)c2)C1C(=O)OC1CCCC1. The Morgan fingerprint density at radius 3 is 2.62 bits per heavy atom. The molecule has 1 aliphatic heterocycles. The zero-order valence-corrected chi connectivity index (χ0v) is 17.3.